The highest BCUT2D eigenvalue weighted by atomic mass is 16.4. The average molecular weight is 400 g/mol. The van der Waals surface area contributed by atoms with Crippen LogP contribution in [0.4, 0.5) is 0 Å². The van der Waals surface area contributed by atoms with E-state index in [-0.39, 0.29) is 11.6 Å². The van der Waals surface area contributed by atoms with Gasteiger partial charge in [-0.1, -0.05) is 66.2 Å². The van der Waals surface area contributed by atoms with E-state index in [9.17, 15) is 0 Å². The van der Waals surface area contributed by atoms with E-state index in [0.717, 1.165) is 36.5 Å². The molecule has 6 nitrogen and oxygen atoms in total. The summed E-state index contributed by atoms with van der Waals surface area (Å²) in [6.45, 7) is 9.31. The van der Waals surface area contributed by atoms with Gasteiger partial charge in [0.25, 0.3) is 0 Å². The van der Waals surface area contributed by atoms with Crippen molar-refractivity contribution >= 4 is 14.2 Å². The lowest BCUT2D eigenvalue weighted by Gasteiger charge is -2.35. The summed E-state index contributed by atoms with van der Waals surface area (Å²) in [7, 11) is -2.80. The van der Waals surface area contributed by atoms with Crippen molar-refractivity contribution in [2.75, 3.05) is 0 Å². The van der Waals surface area contributed by atoms with Gasteiger partial charge in [-0.15, -0.1) is 0 Å². The Hall–Kier alpha value is -0.110. The molecule has 0 bridgehead atoms. The van der Waals surface area contributed by atoms with Crippen LogP contribution in [0, 0.1) is 23.7 Å². The summed E-state index contributed by atoms with van der Waals surface area (Å²) in [6.07, 6.45) is 7.96. The molecule has 8 unspecified atom stereocenters. The Morgan fingerprint density at radius 3 is 0.750 bits per heavy atom. The zero-order chi connectivity index (χ0) is 21.4. The van der Waals surface area contributed by atoms with Crippen LogP contribution in [0.2, 0.25) is 11.6 Å². The van der Waals surface area contributed by atoms with Crippen LogP contribution in [-0.2, 0) is 0 Å². The third-order valence-electron chi connectivity index (χ3n) is 7.45. The topological polar surface area (TPSA) is 121 Å². The summed E-state index contributed by atoms with van der Waals surface area (Å²) in [5.41, 5.74) is 0. The Labute approximate surface area is 171 Å². The lowest BCUT2D eigenvalue weighted by molar-refractivity contribution is -0.0519. The summed E-state index contributed by atoms with van der Waals surface area (Å²) >= 11 is 0. The lowest BCUT2D eigenvalue weighted by atomic mass is 9.44. The molecular formula is C20H42B2O6. The normalized spacial score (nSPS) is 40.1. The van der Waals surface area contributed by atoms with Gasteiger partial charge < -0.3 is 30.3 Å². The number of aliphatic hydroxyl groups excluding tert-OH is 2. The quantitative estimate of drug-likeness (QED) is 0.395. The Morgan fingerprint density at radius 1 is 0.464 bits per heavy atom. The van der Waals surface area contributed by atoms with Gasteiger partial charge in [-0.05, 0) is 48.1 Å². The van der Waals surface area contributed by atoms with Gasteiger partial charge in [0.15, 0.2) is 0 Å². The minimum atomic E-state index is -1.40. The van der Waals surface area contributed by atoms with Gasteiger partial charge in [0.1, 0.15) is 0 Å². The van der Waals surface area contributed by atoms with Gasteiger partial charge in [-0.3, -0.25) is 0 Å². The van der Waals surface area contributed by atoms with E-state index in [1.54, 1.807) is 0 Å². The van der Waals surface area contributed by atoms with Crippen molar-refractivity contribution in [3.8, 4) is 0 Å². The summed E-state index contributed by atoms with van der Waals surface area (Å²) in [5.74, 6) is 3.44. The molecule has 0 aromatic carbocycles. The SMILES string of the molecule is CC1CCC1C.CC1CCC1C.OB(O)C1CCC1B(O)O.OC1CCC1O. The summed E-state index contributed by atoms with van der Waals surface area (Å²) < 4.78 is 0. The molecule has 164 valence electrons. The zero-order valence-corrected chi connectivity index (χ0v) is 18.1. The highest BCUT2D eigenvalue weighted by molar-refractivity contribution is 6.51. The fourth-order valence-corrected chi connectivity index (χ4v) is 3.42. The lowest BCUT2D eigenvalue weighted by Crippen LogP contribution is -2.39. The maximum Gasteiger partial charge on any atom is 0.454 e. The molecule has 8 heteroatoms. The molecule has 8 atom stereocenters. The van der Waals surface area contributed by atoms with Gasteiger partial charge in [-0.2, -0.15) is 0 Å². The van der Waals surface area contributed by atoms with Crippen LogP contribution in [0.15, 0.2) is 0 Å². The maximum absolute atomic E-state index is 8.62. The first-order valence-corrected chi connectivity index (χ1v) is 11.1. The second-order valence-electron chi connectivity index (χ2n) is 9.51. The Morgan fingerprint density at radius 2 is 0.714 bits per heavy atom. The Bertz CT molecular complexity index is 349. The minimum absolute atomic E-state index is 0.347. The number of hydrogen-bond donors (Lipinski definition) is 6. The van der Waals surface area contributed by atoms with Crippen molar-refractivity contribution < 1.29 is 30.3 Å². The third kappa shape index (κ3) is 8.33. The minimum Gasteiger partial charge on any atom is -0.427 e. The first-order chi connectivity index (χ1) is 13.0. The van der Waals surface area contributed by atoms with Crippen LogP contribution in [0.5, 0.6) is 0 Å². The monoisotopic (exact) mass is 400 g/mol. The van der Waals surface area contributed by atoms with Gasteiger partial charge in [0, 0.05) is 0 Å². The van der Waals surface area contributed by atoms with E-state index in [1.807, 2.05) is 0 Å². The largest absolute Gasteiger partial charge is 0.454 e. The molecule has 0 aromatic heterocycles. The van der Waals surface area contributed by atoms with Crippen LogP contribution in [-0.4, -0.2) is 56.8 Å². The average Bonchev–Trinajstić information content (AvgIpc) is 2.62. The van der Waals surface area contributed by atoms with Gasteiger partial charge in [0.2, 0.25) is 0 Å². The molecular weight excluding hydrogens is 358 g/mol. The van der Waals surface area contributed by atoms with Crippen molar-refractivity contribution in [3.05, 3.63) is 0 Å². The van der Waals surface area contributed by atoms with E-state index in [0.29, 0.717) is 12.8 Å². The van der Waals surface area contributed by atoms with Crippen LogP contribution >= 0.6 is 0 Å². The van der Waals surface area contributed by atoms with Gasteiger partial charge in [0.05, 0.1) is 12.2 Å². The molecule has 0 heterocycles. The third-order valence-corrected chi connectivity index (χ3v) is 7.45. The molecule has 4 rings (SSSR count). The molecule has 6 N–H and O–H groups in total. The molecule has 0 aliphatic heterocycles. The number of aliphatic hydroxyl groups is 2. The standard InChI is InChI=1S/2C6H12.C4H10B2O4.C4H8O2/c2*1-5-3-4-6(5)2;7-5(8)3-1-2-4(3)6(9)10;5-3-1-2-4(3)6/h2*5-6H,3-4H2,1-2H3;3-4,7-10H,1-2H2;3-6H,1-2H2. The van der Waals surface area contributed by atoms with Gasteiger partial charge in [-0.25, -0.2) is 0 Å². The van der Waals surface area contributed by atoms with Crippen molar-refractivity contribution in [2.45, 2.75) is 103 Å². The maximum atomic E-state index is 8.62. The van der Waals surface area contributed by atoms with Crippen molar-refractivity contribution in [3.63, 3.8) is 0 Å². The molecule has 0 radical (unpaired) electrons. The van der Waals surface area contributed by atoms with Crippen LogP contribution < -0.4 is 0 Å². The Balaban J connectivity index is 0.000000192. The first kappa shape index (κ1) is 25.9. The Kier molecular flexibility index (Phi) is 11.6. The fraction of sp³-hybridized carbons (Fsp3) is 1.00. The first-order valence-electron chi connectivity index (χ1n) is 11.1. The molecule has 0 aromatic rings. The smallest absolute Gasteiger partial charge is 0.427 e. The molecule has 4 fully saturated rings. The highest BCUT2D eigenvalue weighted by Gasteiger charge is 2.45. The second kappa shape index (κ2) is 12.6. The van der Waals surface area contributed by atoms with E-state index in [1.165, 1.54) is 25.7 Å². The van der Waals surface area contributed by atoms with E-state index in [4.69, 9.17) is 30.3 Å². The van der Waals surface area contributed by atoms with Crippen molar-refractivity contribution in [1.29, 1.82) is 0 Å². The van der Waals surface area contributed by atoms with Gasteiger partial charge >= 0.3 is 14.2 Å². The van der Waals surface area contributed by atoms with Crippen molar-refractivity contribution in [2.24, 2.45) is 23.7 Å². The summed E-state index contributed by atoms with van der Waals surface area (Å²) in [4.78, 5) is 0. The van der Waals surface area contributed by atoms with Crippen molar-refractivity contribution in [1.82, 2.24) is 0 Å². The molecule has 4 saturated carbocycles. The fourth-order valence-electron chi connectivity index (χ4n) is 3.42. The van der Waals surface area contributed by atoms with E-state index in [2.05, 4.69) is 27.7 Å². The zero-order valence-electron chi connectivity index (χ0n) is 18.1. The second-order valence-corrected chi connectivity index (χ2v) is 9.51. The molecule has 28 heavy (non-hydrogen) atoms. The molecule has 0 spiro atoms. The predicted molar refractivity (Wildman–Crippen MR) is 113 cm³/mol. The van der Waals surface area contributed by atoms with Crippen LogP contribution in [0.1, 0.15) is 79.1 Å². The molecule has 0 amide bonds. The highest BCUT2D eigenvalue weighted by Crippen LogP contribution is 2.46. The molecule has 4 aliphatic carbocycles. The number of rotatable bonds is 2. The molecule has 4 aliphatic rings. The predicted octanol–water partition coefficient (Wildman–Crippen LogP) is 2.07. The van der Waals surface area contributed by atoms with E-state index < -0.39 is 26.4 Å². The number of hydrogen-bond acceptors (Lipinski definition) is 6. The summed E-state index contributed by atoms with van der Waals surface area (Å²) in [6, 6.07) is 0. The van der Waals surface area contributed by atoms with Crippen LogP contribution in [0.25, 0.3) is 0 Å². The van der Waals surface area contributed by atoms with Crippen LogP contribution in [0.3, 0.4) is 0 Å². The summed E-state index contributed by atoms with van der Waals surface area (Å²) in [5, 5.41) is 51.4. The molecule has 0 saturated heterocycles. The van der Waals surface area contributed by atoms with E-state index >= 15 is 0 Å².